The Morgan fingerprint density at radius 2 is 2.07 bits per heavy atom. The molecule has 15 heavy (non-hydrogen) atoms. The molecule has 1 atom stereocenters. The molecule has 0 aliphatic carbocycles. The van der Waals surface area contributed by atoms with Gasteiger partial charge in [-0.15, -0.1) is 6.42 Å². The van der Waals surface area contributed by atoms with Crippen LogP contribution in [0, 0.1) is 12.3 Å². The van der Waals surface area contributed by atoms with Crippen LogP contribution in [0.15, 0.2) is 0 Å². The van der Waals surface area contributed by atoms with Gasteiger partial charge in [-0.3, -0.25) is 4.79 Å². The monoisotopic (exact) mass is 234 g/mol. The van der Waals surface area contributed by atoms with Gasteiger partial charge in [-0.05, 0) is 6.92 Å². The summed E-state index contributed by atoms with van der Waals surface area (Å²) in [4.78, 5) is 11.2. The zero-order chi connectivity index (χ0) is 11.9. The molecule has 0 amide bonds. The maximum Gasteiger partial charge on any atom is 0.324 e. The second kappa shape index (κ2) is 6.43. The van der Waals surface area contributed by atoms with Gasteiger partial charge in [-0.25, -0.2) is 8.42 Å². The van der Waals surface area contributed by atoms with Crippen LogP contribution in [0.4, 0.5) is 0 Å². The summed E-state index contributed by atoms with van der Waals surface area (Å²) in [5.74, 6) is 0.722. The summed E-state index contributed by atoms with van der Waals surface area (Å²) in [5, 5.41) is -1.23. The molecule has 0 rings (SSSR count). The van der Waals surface area contributed by atoms with Crippen LogP contribution in [0.25, 0.3) is 0 Å². The molecular weight excluding hydrogens is 220 g/mol. The predicted molar refractivity (Wildman–Crippen MR) is 54.9 cm³/mol. The normalized spacial score (nSPS) is 12.9. The zero-order valence-electron chi connectivity index (χ0n) is 8.73. The van der Waals surface area contributed by atoms with E-state index in [4.69, 9.17) is 6.42 Å². The van der Waals surface area contributed by atoms with Gasteiger partial charge in [0.25, 0.3) is 0 Å². The lowest BCUT2D eigenvalue weighted by molar-refractivity contribution is -0.144. The predicted octanol–water partition coefficient (Wildman–Crippen LogP) is -0.388. The zero-order valence-corrected chi connectivity index (χ0v) is 9.54. The summed E-state index contributed by atoms with van der Waals surface area (Å²) in [7, 11) is -2.15. The summed E-state index contributed by atoms with van der Waals surface area (Å²) in [6, 6.07) is 0. The fraction of sp³-hybridized carbons (Fsp3) is 0.667. The molecule has 0 aromatic rings. The summed E-state index contributed by atoms with van der Waals surface area (Å²) >= 11 is 0. The SMILES string of the molecule is C#CCS(=O)(=O)C(C)C(=O)OCCOC. The molecule has 0 N–H and O–H groups in total. The maximum atomic E-state index is 11.3. The Kier molecular flexibility index (Phi) is 5.97. The number of terminal acetylenes is 1. The third-order valence-corrected chi connectivity index (χ3v) is 3.53. The number of ether oxygens (including phenoxy) is 2. The first-order valence-corrected chi connectivity index (χ1v) is 5.98. The first-order valence-electron chi connectivity index (χ1n) is 4.26. The lowest BCUT2D eigenvalue weighted by Gasteiger charge is -2.10. The Morgan fingerprint density at radius 3 is 2.53 bits per heavy atom. The van der Waals surface area contributed by atoms with Crippen LogP contribution in [-0.4, -0.2) is 45.7 Å². The van der Waals surface area contributed by atoms with Gasteiger partial charge in [-0.1, -0.05) is 5.92 Å². The van der Waals surface area contributed by atoms with Gasteiger partial charge in [0.2, 0.25) is 0 Å². The van der Waals surface area contributed by atoms with Crippen LogP contribution in [0.3, 0.4) is 0 Å². The summed E-state index contributed by atoms with van der Waals surface area (Å²) in [6.45, 7) is 1.51. The summed E-state index contributed by atoms with van der Waals surface area (Å²) in [6.07, 6.45) is 4.87. The van der Waals surface area contributed by atoms with E-state index in [-0.39, 0.29) is 13.2 Å². The van der Waals surface area contributed by atoms with E-state index in [1.165, 1.54) is 14.0 Å². The Morgan fingerprint density at radius 1 is 1.47 bits per heavy atom. The number of carbonyl (C=O) groups is 1. The number of sulfone groups is 1. The van der Waals surface area contributed by atoms with E-state index in [1.54, 1.807) is 0 Å². The van der Waals surface area contributed by atoms with Crippen molar-refractivity contribution in [3.05, 3.63) is 0 Å². The molecule has 0 saturated heterocycles. The summed E-state index contributed by atoms with van der Waals surface area (Å²) in [5.41, 5.74) is 0. The molecule has 0 aliphatic rings. The largest absolute Gasteiger partial charge is 0.462 e. The van der Waals surface area contributed by atoms with E-state index in [2.05, 4.69) is 9.47 Å². The Balaban J connectivity index is 4.27. The topological polar surface area (TPSA) is 69.7 Å². The van der Waals surface area contributed by atoms with Crippen molar-refractivity contribution >= 4 is 15.8 Å². The van der Waals surface area contributed by atoms with Crippen molar-refractivity contribution in [3.8, 4) is 12.3 Å². The van der Waals surface area contributed by atoms with E-state index < -0.39 is 26.8 Å². The van der Waals surface area contributed by atoms with Crippen LogP contribution in [-0.2, 0) is 24.1 Å². The standard InChI is InChI=1S/C9H14O5S/c1-4-7-15(11,12)8(2)9(10)14-6-5-13-3/h1,8H,5-7H2,2-3H3. The fourth-order valence-electron chi connectivity index (χ4n) is 0.731. The van der Waals surface area contributed by atoms with Crippen LogP contribution < -0.4 is 0 Å². The highest BCUT2D eigenvalue weighted by Gasteiger charge is 2.28. The van der Waals surface area contributed by atoms with Gasteiger partial charge in [0.1, 0.15) is 12.4 Å². The van der Waals surface area contributed by atoms with E-state index >= 15 is 0 Å². The van der Waals surface area contributed by atoms with Crippen molar-refractivity contribution in [3.63, 3.8) is 0 Å². The molecule has 0 bridgehead atoms. The van der Waals surface area contributed by atoms with Crippen molar-refractivity contribution in [1.82, 2.24) is 0 Å². The van der Waals surface area contributed by atoms with Crippen molar-refractivity contribution in [2.24, 2.45) is 0 Å². The van der Waals surface area contributed by atoms with Gasteiger partial charge in [0.15, 0.2) is 15.1 Å². The first kappa shape index (κ1) is 13.9. The van der Waals surface area contributed by atoms with Crippen molar-refractivity contribution < 1.29 is 22.7 Å². The Bertz CT molecular complexity index is 338. The van der Waals surface area contributed by atoms with Gasteiger partial charge in [0.05, 0.1) is 6.61 Å². The minimum atomic E-state index is -3.60. The number of hydrogen-bond donors (Lipinski definition) is 0. The highest BCUT2D eigenvalue weighted by Crippen LogP contribution is 2.03. The molecule has 0 spiro atoms. The Hall–Kier alpha value is -1.06. The van der Waals surface area contributed by atoms with Gasteiger partial charge < -0.3 is 9.47 Å². The van der Waals surface area contributed by atoms with Gasteiger partial charge in [-0.2, -0.15) is 0 Å². The minimum Gasteiger partial charge on any atom is -0.462 e. The van der Waals surface area contributed by atoms with E-state index in [0.717, 1.165) is 0 Å². The van der Waals surface area contributed by atoms with Crippen LogP contribution in [0.2, 0.25) is 0 Å². The molecule has 1 unspecified atom stereocenters. The number of methoxy groups -OCH3 is 1. The molecule has 0 aromatic carbocycles. The van der Waals surface area contributed by atoms with Crippen LogP contribution in [0.5, 0.6) is 0 Å². The smallest absolute Gasteiger partial charge is 0.324 e. The highest BCUT2D eigenvalue weighted by molar-refractivity contribution is 7.92. The quantitative estimate of drug-likeness (QED) is 0.356. The van der Waals surface area contributed by atoms with Gasteiger partial charge >= 0.3 is 5.97 Å². The Labute approximate surface area is 89.7 Å². The van der Waals surface area contributed by atoms with E-state index in [1.807, 2.05) is 5.92 Å². The fourth-order valence-corrected chi connectivity index (χ4v) is 1.57. The van der Waals surface area contributed by atoms with E-state index in [0.29, 0.717) is 0 Å². The highest BCUT2D eigenvalue weighted by atomic mass is 32.2. The average Bonchev–Trinajstić information content (AvgIpc) is 2.16. The van der Waals surface area contributed by atoms with Gasteiger partial charge in [0, 0.05) is 7.11 Å². The first-order chi connectivity index (χ1) is 6.95. The second-order valence-corrected chi connectivity index (χ2v) is 5.14. The molecule has 86 valence electrons. The summed E-state index contributed by atoms with van der Waals surface area (Å²) < 4.78 is 32.0. The van der Waals surface area contributed by atoms with Crippen molar-refractivity contribution in [2.45, 2.75) is 12.2 Å². The lowest BCUT2D eigenvalue weighted by atomic mass is 10.5. The molecule has 0 fully saturated rings. The van der Waals surface area contributed by atoms with E-state index in [9.17, 15) is 13.2 Å². The number of esters is 1. The van der Waals surface area contributed by atoms with Crippen molar-refractivity contribution in [1.29, 1.82) is 0 Å². The molecule has 0 radical (unpaired) electrons. The number of hydrogen-bond acceptors (Lipinski definition) is 5. The third-order valence-electron chi connectivity index (χ3n) is 1.69. The molecule has 0 aliphatic heterocycles. The minimum absolute atomic E-state index is 0.0330. The molecule has 0 saturated carbocycles. The number of rotatable bonds is 6. The molecule has 6 heteroatoms. The molecule has 0 heterocycles. The molecular formula is C9H14O5S. The third kappa shape index (κ3) is 4.81. The maximum absolute atomic E-state index is 11.3. The molecule has 0 aromatic heterocycles. The number of carbonyl (C=O) groups excluding carboxylic acids is 1. The lowest BCUT2D eigenvalue weighted by Crippen LogP contribution is -2.31. The second-order valence-electron chi connectivity index (χ2n) is 2.81. The van der Waals surface area contributed by atoms with Crippen LogP contribution >= 0.6 is 0 Å². The molecule has 5 nitrogen and oxygen atoms in total. The van der Waals surface area contributed by atoms with Crippen LogP contribution in [0.1, 0.15) is 6.92 Å². The average molecular weight is 234 g/mol. The van der Waals surface area contributed by atoms with Crippen molar-refractivity contribution in [2.75, 3.05) is 26.1 Å².